The van der Waals surface area contributed by atoms with E-state index in [1.165, 1.54) is 0 Å². The van der Waals surface area contributed by atoms with Crippen LogP contribution in [0.4, 0.5) is 0 Å². The van der Waals surface area contributed by atoms with E-state index in [9.17, 15) is 14.7 Å². The molecule has 1 atom stereocenters. The fourth-order valence-corrected chi connectivity index (χ4v) is 4.15. The fourth-order valence-electron chi connectivity index (χ4n) is 4.15. The Morgan fingerprint density at radius 1 is 0.935 bits per heavy atom. The minimum absolute atomic E-state index is 0.127. The van der Waals surface area contributed by atoms with Crippen LogP contribution in [-0.4, -0.2) is 66.0 Å². The molecule has 0 aliphatic carbocycles. The molecule has 2 aliphatic heterocycles. The van der Waals surface area contributed by atoms with Gasteiger partial charge in [-0.25, -0.2) is 0 Å². The van der Waals surface area contributed by atoms with Crippen LogP contribution >= 0.6 is 0 Å². The highest BCUT2D eigenvalue weighted by molar-refractivity contribution is 6.46. The lowest BCUT2D eigenvalue weighted by molar-refractivity contribution is -0.140. The van der Waals surface area contributed by atoms with Crippen LogP contribution in [0.5, 0.6) is 0 Å². The fraction of sp³-hybridized carbons (Fsp3) is 0.360. The average Bonchev–Trinajstić information content (AvgIpc) is 3.04. The van der Waals surface area contributed by atoms with Crippen molar-refractivity contribution in [1.29, 1.82) is 0 Å². The number of aliphatic hydroxyl groups excluding tert-OH is 1. The molecule has 1 N–H and O–H groups in total. The first-order chi connectivity index (χ1) is 15.0. The van der Waals surface area contributed by atoms with Gasteiger partial charge in [-0.2, -0.15) is 0 Å². The van der Waals surface area contributed by atoms with Gasteiger partial charge in [-0.1, -0.05) is 59.7 Å². The molecule has 0 aromatic heterocycles. The van der Waals surface area contributed by atoms with E-state index in [1.54, 1.807) is 17.0 Å². The van der Waals surface area contributed by atoms with Crippen LogP contribution in [0.15, 0.2) is 54.1 Å². The number of ether oxygens (including phenoxy) is 1. The predicted octanol–water partition coefficient (Wildman–Crippen LogP) is 3.06. The molecule has 6 nitrogen and oxygen atoms in total. The molecule has 2 saturated heterocycles. The summed E-state index contributed by atoms with van der Waals surface area (Å²) in [5.41, 5.74) is 3.65. The molecule has 162 valence electrons. The lowest BCUT2D eigenvalue weighted by Crippen LogP contribution is -2.42. The molecular weight excluding hydrogens is 392 g/mol. The zero-order chi connectivity index (χ0) is 22.0. The maximum atomic E-state index is 13.1. The topological polar surface area (TPSA) is 70.1 Å². The number of likely N-dealkylation sites (tertiary alicyclic amines) is 1. The van der Waals surface area contributed by atoms with Crippen molar-refractivity contribution in [2.24, 2.45) is 0 Å². The smallest absolute Gasteiger partial charge is 0.295 e. The third-order valence-corrected chi connectivity index (χ3v) is 6.02. The van der Waals surface area contributed by atoms with E-state index in [-0.39, 0.29) is 11.3 Å². The molecule has 0 saturated carbocycles. The number of Topliss-reactive ketones (excluding diaryl/α,β-unsaturated/α-hetero) is 1. The summed E-state index contributed by atoms with van der Waals surface area (Å²) in [6.07, 6.45) is 0. The van der Waals surface area contributed by atoms with E-state index >= 15 is 0 Å². The Labute approximate surface area is 182 Å². The average molecular weight is 421 g/mol. The Bertz CT molecular complexity index is 989. The van der Waals surface area contributed by atoms with E-state index in [4.69, 9.17) is 4.74 Å². The van der Waals surface area contributed by atoms with Crippen molar-refractivity contribution in [3.63, 3.8) is 0 Å². The Morgan fingerprint density at radius 3 is 2.13 bits per heavy atom. The number of ketones is 1. The number of carbonyl (C=O) groups excluding carboxylic acids is 2. The number of carbonyl (C=O) groups is 2. The molecule has 2 aliphatic rings. The molecule has 0 spiro atoms. The summed E-state index contributed by atoms with van der Waals surface area (Å²) < 4.78 is 5.40. The number of benzene rings is 2. The van der Waals surface area contributed by atoms with Crippen molar-refractivity contribution in [3.05, 3.63) is 76.4 Å². The van der Waals surface area contributed by atoms with Gasteiger partial charge in [0.1, 0.15) is 5.76 Å². The molecule has 0 radical (unpaired) electrons. The zero-order valence-electron chi connectivity index (χ0n) is 18.0. The van der Waals surface area contributed by atoms with Crippen LogP contribution in [0.2, 0.25) is 0 Å². The summed E-state index contributed by atoms with van der Waals surface area (Å²) in [5, 5.41) is 11.1. The SMILES string of the molecule is Cc1ccc(/C(O)=C2\C(=O)C(=O)N(CCN3CCOCC3)[C@H]2c2ccc(C)cc2)cc1. The van der Waals surface area contributed by atoms with Gasteiger partial charge in [0.2, 0.25) is 0 Å². The van der Waals surface area contributed by atoms with Gasteiger partial charge < -0.3 is 14.7 Å². The van der Waals surface area contributed by atoms with Crippen molar-refractivity contribution in [2.75, 3.05) is 39.4 Å². The van der Waals surface area contributed by atoms with Gasteiger partial charge in [0.25, 0.3) is 11.7 Å². The van der Waals surface area contributed by atoms with Crippen molar-refractivity contribution in [3.8, 4) is 0 Å². The summed E-state index contributed by atoms with van der Waals surface area (Å²) in [6, 6.07) is 14.5. The molecule has 6 heteroatoms. The third kappa shape index (κ3) is 4.40. The number of nitrogens with zero attached hydrogens (tertiary/aromatic N) is 2. The summed E-state index contributed by atoms with van der Waals surface area (Å²) >= 11 is 0. The Balaban J connectivity index is 1.72. The summed E-state index contributed by atoms with van der Waals surface area (Å²) in [4.78, 5) is 29.9. The van der Waals surface area contributed by atoms with Crippen molar-refractivity contribution in [1.82, 2.24) is 9.80 Å². The van der Waals surface area contributed by atoms with E-state index in [2.05, 4.69) is 4.90 Å². The second kappa shape index (κ2) is 9.04. The van der Waals surface area contributed by atoms with Crippen LogP contribution in [-0.2, 0) is 14.3 Å². The molecule has 2 fully saturated rings. The summed E-state index contributed by atoms with van der Waals surface area (Å²) in [6.45, 7) is 7.98. The molecule has 2 aromatic carbocycles. The van der Waals surface area contributed by atoms with Crippen LogP contribution in [0.25, 0.3) is 5.76 Å². The second-order valence-corrected chi connectivity index (χ2v) is 8.22. The molecule has 4 rings (SSSR count). The molecular formula is C25H28N2O4. The normalized spacial score (nSPS) is 21.6. The highest BCUT2D eigenvalue weighted by Gasteiger charge is 2.46. The molecule has 1 amide bonds. The highest BCUT2D eigenvalue weighted by atomic mass is 16.5. The molecule has 2 heterocycles. The Morgan fingerprint density at radius 2 is 1.52 bits per heavy atom. The van der Waals surface area contributed by atoms with E-state index in [0.29, 0.717) is 31.9 Å². The van der Waals surface area contributed by atoms with Gasteiger partial charge in [0, 0.05) is 31.7 Å². The molecule has 2 aromatic rings. The number of aryl methyl sites for hydroxylation is 2. The lowest BCUT2D eigenvalue weighted by atomic mass is 9.94. The summed E-state index contributed by atoms with van der Waals surface area (Å²) in [7, 11) is 0. The molecule has 0 bridgehead atoms. The van der Waals surface area contributed by atoms with E-state index < -0.39 is 17.7 Å². The first kappa shape index (κ1) is 21.3. The third-order valence-electron chi connectivity index (χ3n) is 6.02. The first-order valence-corrected chi connectivity index (χ1v) is 10.7. The van der Waals surface area contributed by atoms with Crippen molar-refractivity contribution in [2.45, 2.75) is 19.9 Å². The van der Waals surface area contributed by atoms with Crippen LogP contribution in [0, 0.1) is 13.8 Å². The van der Waals surface area contributed by atoms with Gasteiger partial charge in [0.05, 0.1) is 24.8 Å². The number of aliphatic hydroxyl groups is 1. The van der Waals surface area contributed by atoms with Gasteiger partial charge >= 0.3 is 0 Å². The quantitative estimate of drug-likeness (QED) is 0.457. The van der Waals surface area contributed by atoms with Gasteiger partial charge in [0.15, 0.2) is 0 Å². The Kier molecular flexibility index (Phi) is 6.20. The second-order valence-electron chi connectivity index (χ2n) is 8.22. The number of hydrogen-bond acceptors (Lipinski definition) is 5. The largest absolute Gasteiger partial charge is 0.507 e. The number of hydrogen-bond donors (Lipinski definition) is 1. The van der Waals surface area contributed by atoms with E-state index in [1.807, 2.05) is 50.2 Å². The highest BCUT2D eigenvalue weighted by Crippen LogP contribution is 2.39. The van der Waals surface area contributed by atoms with Crippen molar-refractivity contribution < 1.29 is 19.4 Å². The number of rotatable bonds is 5. The predicted molar refractivity (Wildman–Crippen MR) is 119 cm³/mol. The number of amides is 1. The van der Waals surface area contributed by atoms with Crippen LogP contribution < -0.4 is 0 Å². The number of morpholine rings is 1. The maximum absolute atomic E-state index is 13.1. The van der Waals surface area contributed by atoms with Gasteiger partial charge in [-0.05, 0) is 19.4 Å². The molecule has 31 heavy (non-hydrogen) atoms. The monoisotopic (exact) mass is 420 g/mol. The minimum Gasteiger partial charge on any atom is -0.507 e. The lowest BCUT2D eigenvalue weighted by Gasteiger charge is -2.31. The van der Waals surface area contributed by atoms with Crippen LogP contribution in [0.3, 0.4) is 0 Å². The van der Waals surface area contributed by atoms with Crippen molar-refractivity contribution >= 4 is 17.4 Å². The van der Waals surface area contributed by atoms with Gasteiger partial charge in [-0.15, -0.1) is 0 Å². The zero-order valence-corrected chi connectivity index (χ0v) is 18.0. The molecule has 0 unspecified atom stereocenters. The van der Waals surface area contributed by atoms with E-state index in [0.717, 1.165) is 29.8 Å². The summed E-state index contributed by atoms with van der Waals surface area (Å²) in [5.74, 6) is -1.32. The van der Waals surface area contributed by atoms with Crippen LogP contribution in [0.1, 0.15) is 28.3 Å². The standard InChI is InChI=1S/C25H28N2O4/c1-17-3-7-19(8-4-17)22-21(23(28)20-9-5-18(2)6-10-20)24(29)25(30)27(22)12-11-26-13-15-31-16-14-26/h3-10,22,28H,11-16H2,1-2H3/b23-21+/t22-/m0/s1. The first-order valence-electron chi connectivity index (χ1n) is 10.7. The van der Waals surface area contributed by atoms with Gasteiger partial charge in [-0.3, -0.25) is 14.5 Å². The minimum atomic E-state index is -0.634. The maximum Gasteiger partial charge on any atom is 0.295 e. The Hall–Kier alpha value is -2.96.